The molecule has 2 heterocycles. The molecule has 158 valence electrons. The first-order valence-electron chi connectivity index (χ1n) is 10.1. The minimum absolute atomic E-state index is 0.0569. The van der Waals surface area contributed by atoms with Gasteiger partial charge >= 0.3 is 6.03 Å². The molecule has 0 aromatic heterocycles. The first-order valence-corrected chi connectivity index (χ1v) is 11.4. The topological polar surface area (TPSA) is 69.7 Å². The second-order valence-corrected chi connectivity index (χ2v) is 9.29. The van der Waals surface area contributed by atoms with Crippen molar-refractivity contribution in [2.24, 2.45) is 0 Å². The Hall–Kier alpha value is -2.77. The summed E-state index contributed by atoms with van der Waals surface area (Å²) in [6.45, 7) is -0.117. The van der Waals surface area contributed by atoms with Gasteiger partial charge in [0.05, 0.1) is 17.8 Å². The number of amides is 4. The van der Waals surface area contributed by atoms with Gasteiger partial charge in [-0.1, -0.05) is 48.0 Å². The second-order valence-electron chi connectivity index (χ2n) is 7.80. The van der Waals surface area contributed by atoms with Gasteiger partial charge in [-0.3, -0.25) is 9.59 Å². The van der Waals surface area contributed by atoms with Crippen molar-refractivity contribution in [1.82, 2.24) is 10.2 Å². The van der Waals surface area contributed by atoms with E-state index in [0.29, 0.717) is 10.7 Å². The third-order valence-corrected chi connectivity index (χ3v) is 7.24. The Bertz CT molecular complexity index is 1100. The zero-order valence-electron chi connectivity index (χ0n) is 16.5. The molecule has 3 atom stereocenters. The molecule has 6 nitrogen and oxygen atoms in total. The van der Waals surface area contributed by atoms with Crippen LogP contribution in [0.15, 0.2) is 60.0 Å². The Kier molecular flexibility index (Phi) is 5.24. The van der Waals surface area contributed by atoms with E-state index in [1.54, 1.807) is 24.3 Å². The molecule has 3 unspecified atom stereocenters. The Balaban J connectivity index is 1.37. The minimum atomic E-state index is -0.511. The van der Waals surface area contributed by atoms with E-state index in [4.69, 9.17) is 11.6 Å². The van der Waals surface area contributed by atoms with Gasteiger partial charge in [-0.2, -0.15) is 0 Å². The summed E-state index contributed by atoms with van der Waals surface area (Å²) in [6.07, 6.45) is 3.58. The molecule has 1 fully saturated rings. The normalized spacial score (nSPS) is 24.4. The van der Waals surface area contributed by atoms with Crippen molar-refractivity contribution in [3.05, 3.63) is 76.2 Å². The first kappa shape index (κ1) is 20.2. The molecule has 1 aliphatic carbocycles. The molecule has 2 aromatic rings. The van der Waals surface area contributed by atoms with Gasteiger partial charge in [0.15, 0.2) is 0 Å². The second kappa shape index (κ2) is 8.05. The van der Waals surface area contributed by atoms with Crippen LogP contribution in [-0.2, 0) is 16.0 Å². The number of imide groups is 1. The van der Waals surface area contributed by atoms with Gasteiger partial charge in [0.1, 0.15) is 11.8 Å². The number of hydrogen-bond acceptors (Lipinski definition) is 4. The van der Waals surface area contributed by atoms with Crippen LogP contribution in [0.4, 0.5) is 10.5 Å². The number of carbonyl (C=O) groups excluding carboxylic acids is 3. The lowest BCUT2D eigenvalue weighted by atomic mass is 10.1. The average molecular weight is 454 g/mol. The molecule has 31 heavy (non-hydrogen) atoms. The van der Waals surface area contributed by atoms with Crippen LogP contribution < -0.4 is 10.2 Å². The van der Waals surface area contributed by atoms with Crippen molar-refractivity contribution in [2.45, 2.75) is 30.2 Å². The average Bonchev–Trinajstić information content (AvgIpc) is 3.39. The molecule has 0 spiro atoms. The number of benzene rings is 2. The van der Waals surface area contributed by atoms with E-state index >= 15 is 0 Å². The Labute approximate surface area is 189 Å². The highest BCUT2D eigenvalue weighted by Crippen LogP contribution is 2.37. The van der Waals surface area contributed by atoms with E-state index in [9.17, 15) is 14.4 Å². The Morgan fingerprint density at radius 1 is 1.16 bits per heavy atom. The highest BCUT2D eigenvalue weighted by molar-refractivity contribution is 8.03. The van der Waals surface area contributed by atoms with E-state index in [2.05, 4.69) is 11.4 Å². The number of urea groups is 1. The smallest absolute Gasteiger partial charge is 0.332 e. The van der Waals surface area contributed by atoms with Gasteiger partial charge in [-0.15, -0.1) is 11.8 Å². The largest absolute Gasteiger partial charge is 0.348 e. The molecule has 0 radical (unpaired) electrons. The number of halogens is 1. The van der Waals surface area contributed by atoms with Crippen LogP contribution >= 0.6 is 23.4 Å². The van der Waals surface area contributed by atoms with Crippen LogP contribution in [-0.4, -0.2) is 40.6 Å². The van der Waals surface area contributed by atoms with Gasteiger partial charge in [-0.05, 0) is 47.6 Å². The molecular formula is C23H20ClN3O3S. The van der Waals surface area contributed by atoms with Crippen molar-refractivity contribution >= 4 is 46.9 Å². The van der Waals surface area contributed by atoms with Crippen molar-refractivity contribution in [2.75, 3.05) is 11.4 Å². The Morgan fingerprint density at radius 3 is 2.84 bits per heavy atom. The van der Waals surface area contributed by atoms with E-state index < -0.39 is 17.3 Å². The lowest BCUT2D eigenvalue weighted by Crippen LogP contribution is -2.63. The number of nitrogens with zero attached hydrogens (tertiary/aromatic N) is 2. The number of aryl methyl sites for hydroxylation is 1. The molecular weight excluding hydrogens is 434 g/mol. The predicted molar refractivity (Wildman–Crippen MR) is 121 cm³/mol. The van der Waals surface area contributed by atoms with E-state index in [1.807, 2.05) is 29.7 Å². The fourth-order valence-electron chi connectivity index (χ4n) is 4.47. The Morgan fingerprint density at radius 2 is 2.00 bits per heavy atom. The maximum Gasteiger partial charge on any atom is 0.332 e. The lowest BCUT2D eigenvalue weighted by Gasteiger charge is -2.41. The molecule has 5 rings (SSSR count). The van der Waals surface area contributed by atoms with Crippen LogP contribution in [0.3, 0.4) is 0 Å². The summed E-state index contributed by atoms with van der Waals surface area (Å²) in [5.74, 6) is -0.534. The predicted octanol–water partition coefficient (Wildman–Crippen LogP) is 3.91. The minimum Gasteiger partial charge on any atom is -0.348 e. The van der Waals surface area contributed by atoms with E-state index in [0.717, 1.165) is 23.3 Å². The molecule has 0 saturated carbocycles. The summed E-state index contributed by atoms with van der Waals surface area (Å²) in [5, 5.41) is 4.85. The van der Waals surface area contributed by atoms with Crippen LogP contribution in [0, 0.1) is 0 Å². The highest BCUT2D eigenvalue weighted by atomic mass is 35.5. The number of rotatable bonds is 4. The van der Waals surface area contributed by atoms with Crippen molar-refractivity contribution in [1.29, 1.82) is 0 Å². The summed E-state index contributed by atoms with van der Waals surface area (Å²) in [5.41, 5.74) is 2.78. The monoisotopic (exact) mass is 453 g/mol. The van der Waals surface area contributed by atoms with Gasteiger partial charge in [0.25, 0.3) is 5.91 Å². The maximum absolute atomic E-state index is 13.3. The molecule has 8 heteroatoms. The quantitative estimate of drug-likeness (QED) is 0.762. The molecule has 4 amide bonds. The fraction of sp³-hybridized carbons (Fsp3) is 0.261. The van der Waals surface area contributed by atoms with Crippen LogP contribution in [0.5, 0.6) is 0 Å². The molecule has 0 bridgehead atoms. The standard InChI is InChI=1S/C23H20ClN3O3S/c24-15-5-3-6-16(12-15)27-22(29)21-19(10-11-31-21)26(23(27)30)13-20(28)25-18-9-8-14-4-1-2-7-17(14)18/h1-7,10-12,18-19,21H,8-9,13H2,(H,25,28). The lowest BCUT2D eigenvalue weighted by molar-refractivity contribution is -0.124. The van der Waals surface area contributed by atoms with E-state index in [1.165, 1.54) is 22.2 Å². The van der Waals surface area contributed by atoms with Gasteiger partial charge < -0.3 is 10.2 Å². The van der Waals surface area contributed by atoms with Gasteiger partial charge in [0, 0.05) is 5.02 Å². The number of hydrogen-bond donors (Lipinski definition) is 1. The molecule has 1 saturated heterocycles. The zero-order chi connectivity index (χ0) is 21.5. The molecule has 2 aliphatic heterocycles. The number of fused-ring (bicyclic) bond motifs is 2. The summed E-state index contributed by atoms with van der Waals surface area (Å²) < 4.78 is 0. The van der Waals surface area contributed by atoms with Crippen molar-refractivity contribution < 1.29 is 14.4 Å². The number of nitrogens with one attached hydrogen (secondary N) is 1. The van der Waals surface area contributed by atoms with Crippen molar-refractivity contribution in [3.63, 3.8) is 0 Å². The number of carbonyl (C=O) groups is 3. The van der Waals surface area contributed by atoms with Crippen LogP contribution in [0.1, 0.15) is 23.6 Å². The van der Waals surface area contributed by atoms with Gasteiger partial charge in [0.2, 0.25) is 5.91 Å². The van der Waals surface area contributed by atoms with Crippen LogP contribution in [0.2, 0.25) is 5.02 Å². The van der Waals surface area contributed by atoms with Crippen LogP contribution in [0.25, 0.3) is 0 Å². The molecule has 3 aliphatic rings. The highest BCUT2D eigenvalue weighted by Gasteiger charge is 2.48. The summed E-state index contributed by atoms with van der Waals surface area (Å²) in [4.78, 5) is 41.9. The first-order chi connectivity index (χ1) is 15.0. The van der Waals surface area contributed by atoms with Gasteiger partial charge in [-0.25, -0.2) is 9.69 Å². The number of anilines is 1. The third kappa shape index (κ3) is 3.62. The van der Waals surface area contributed by atoms with E-state index in [-0.39, 0.29) is 24.4 Å². The molecule has 2 aromatic carbocycles. The third-order valence-electron chi connectivity index (χ3n) is 5.92. The van der Waals surface area contributed by atoms with Crippen molar-refractivity contribution in [3.8, 4) is 0 Å². The zero-order valence-corrected chi connectivity index (χ0v) is 18.1. The SMILES string of the molecule is O=C(CN1C(=O)N(c2cccc(Cl)c2)C(=O)C2SC=CC21)NC1CCc2ccccc21. The maximum atomic E-state index is 13.3. The fourth-order valence-corrected chi connectivity index (χ4v) is 5.69. The summed E-state index contributed by atoms with van der Waals surface area (Å²) in [7, 11) is 0. The summed E-state index contributed by atoms with van der Waals surface area (Å²) >= 11 is 7.45. The summed E-state index contributed by atoms with van der Waals surface area (Å²) in [6, 6.07) is 13.7. The number of thioether (sulfide) groups is 1. The molecule has 1 N–H and O–H groups in total.